The van der Waals surface area contributed by atoms with E-state index in [-0.39, 0.29) is 11.4 Å². The van der Waals surface area contributed by atoms with Crippen LogP contribution in [0.5, 0.6) is 5.75 Å². The number of carbonyl (C=O) groups excluding carboxylic acids is 1. The third-order valence-electron chi connectivity index (χ3n) is 1.58. The molecule has 0 aromatic heterocycles. The monoisotopic (exact) mass is 247 g/mol. The van der Waals surface area contributed by atoms with Crippen LogP contribution in [-0.4, -0.2) is 24.1 Å². The van der Waals surface area contributed by atoms with Gasteiger partial charge in [0.25, 0.3) is 12.1 Å². The lowest BCUT2D eigenvalue weighted by molar-refractivity contribution is -0.384. The molecule has 0 aliphatic rings. The van der Waals surface area contributed by atoms with Gasteiger partial charge in [-0.2, -0.15) is 0 Å². The third kappa shape index (κ3) is 4.41. The molecule has 8 heteroatoms. The summed E-state index contributed by atoms with van der Waals surface area (Å²) in [6.07, 6.45) is -4.07. The number of rotatable bonds is 4. The van der Waals surface area contributed by atoms with Gasteiger partial charge < -0.3 is 9.47 Å². The number of halogens is 2. The molecule has 0 amide bonds. The fourth-order valence-electron chi connectivity index (χ4n) is 0.893. The zero-order chi connectivity index (χ0) is 12.8. The van der Waals surface area contributed by atoms with Gasteiger partial charge in [0.15, 0.2) is 6.61 Å². The van der Waals surface area contributed by atoms with Crippen LogP contribution in [-0.2, 0) is 4.74 Å². The van der Waals surface area contributed by atoms with Crippen LogP contribution in [0, 0.1) is 10.1 Å². The van der Waals surface area contributed by atoms with Crippen LogP contribution >= 0.6 is 0 Å². The molecule has 1 rings (SSSR count). The number of nitro groups is 1. The Hall–Kier alpha value is -2.25. The maximum atomic E-state index is 11.7. The second-order valence-corrected chi connectivity index (χ2v) is 2.81. The molecule has 0 unspecified atom stereocenters. The number of carbonyl (C=O) groups is 1. The van der Waals surface area contributed by atoms with E-state index in [1.807, 2.05) is 0 Å². The molecule has 0 radical (unpaired) electrons. The van der Waals surface area contributed by atoms with E-state index in [9.17, 15) is 23.7 Å². The minimum Gasteiger partial charge on any atom is -0.428 e. The lowest BCUT2D eigenvalue weighted by Gasteiger charge is -2.04. The molecule has 17 heavy (non-hydrogen) atoms. The summed E-state index contributed by atoms with van der Waals surface area (Å²) in [5.41, 5.74) is -0.182. The normalized spacial score (nSPS) is 10.1. The van der Waals surface area contributed by atoms with Crippen LogP contribution in [0.15, 0.2) is 24.3 Å². The molecule has 0 fully saturated rings. The molecule has 92 valence electrons. The molecule has 1 aromatic carbocycles. The van der Waals surface area contributed by atoms with Gasteiger partial charge in [-0.3, -0.25) is 10.1 Å². The molecule has 0 aliphatic heterocycles. The second-order valence-electron chi connectivity index (χ2n) is 2.81. The quantitative estimate of drug-likeness (QED) is 0.353. The van der Waals surface area contributed by atoms with Gasteiger partial charge in [-0.1, -0.05) is 0 Å². The first-order valence-corrected chi connectivity index (χ1v) is 4.36. The number of ether oxygens (including phenoxy) is 2. The van der Waals surface area contributed by atoms with E-state index in [1.54, 1.807) is 0 Å². The van der Waals surface area contributed by atoms with Crippen molar-refractivity contribution in [2.75, 3.05) is 6.61 Å². The maximum absolute atomic E-state index is 11.7. The Kier molecular flexibility index (Phi) is 4.32. The van der Waals surface area contributed by atoms with Gasteiger partial charge >= 0.3 is 6.16 Å². The number of nitrogens with zero attached hydrogens (tertiary/aromatic N) is 1. The first kappa shape index (κ1) is 12.8. The number of hydrogen-bond acceptors (Lipinski definition) is 5. The van der Waals surface area contributed by atoms with Crippen LogP contribution in [0.4, 0.5) is 19.3 Å². The molecule has 0 heterocycles. The van der Waals surface area contributed by atoms with Crippen LogP contribution in [0.25, 0.3) is 0 Å². The molecule has 0 bridgehead atoms. The van der Waals surface area contributed by atoms with Gasteiger partial charge in [0, 0.05) is 12.1 Å². The zero-order valence-electron chi connectivity index (χ0n) is 8.34. The predicted octanol–water partition coefficient (Wildman–Crippen LogP) is 2.38. The summed E-state index contributed by atoms with van der Waals surface area (Å²) < 4.78 is 31.9. The smallest absolute Gasteiger partial charge is 0.428 e. The van der Waals surface area contributed by atoms with E-state index in [4.69, 9.17) is 0 Å². The number of non-ortho nitro benzene ring substituents is 1. The van der Waals surface area contributed by atoms with Crippen molar-refractivity contribution in [1.82, 2.24) is 0 Å². The summed E-state index contributed by atoms with van der Waals surface area (Å²) in [6, 6.07) is 4.52. The highest BCUT2D eigenvalue weighted by molar-refractivity contribution is 5.63. The fourth-order valence-corrected chi connectivity index (χ4v) is 0.893. The summed E-state index contributed by atoms with van der Waals surface area (Å²) in [6.45, 7) is -1.06. The van der Waals surface area contributed by atoms with Crippen molar-refractivity contribution >= 4 is 11.8 Å². The van der Waals surface area contributed by atoms with Gasteiger partial charge in [-0.25, -0.2) is 13.6 Å². The molecule has 0 aliphatic carbocycles. The zero-order valence-corrected chi connectivity index (χ0v) is 8.34. The summed E-state index contributed by atoms with van der Waals surface area (Å²) >= 11 is 0. The Bertz CT molecular complexity index is 406. The summed E-state index contributed by atoms with van der Waals surface area (Å²) in [5.74, 6) is -0.0325. The highest BCUT2D eigenvalue weighted by Crippen LogP contribution is 2.17. The molecule has 0 atom stereocenters. The van der Waals surface area contributed by atoms with Gasteiger partial charge in [0.05, 0.1) is 4.92 Å². The molecule has 0 spiro atoms. The molecule has 6 nitrogen and oxygen atoms in total. The lowest BCUT2D eigenvalue weighted by atomic mass is 10.3. The average Bonchev–Trinajstić information content (AvgIpc) is 2.27. The van der Waals surface area contributed by atoms with Crippen molar-refractivity contribution in [3.05, 3.63) is 34.4 Å². The number of hydrogen-bond donors (Lipinski definition) is 0. The molecule has 1 aromatic rings. The van der Waals surface area contributed by atoms with E-state index in [1.165, 1.54) is 0 Å². The second kappa shape index (κ2) is 5.73. The maximum Gasteiger partial charge on any atom is 0.514 e. The molecule has 0 N–H and O–H groups in total. The largest absolute Gasteiger partial charge is 0.514 e. The first-order valence-electron chi connectivity index (χ1n) is 4.36. The standard InChI is InChI=1S/C9H7F2NO5/c10-8(11)5-16-9(13)17-7-3-1-6(2-4-7)12(14)15/h1-4,8H,5H2. The van der Waals surface area contributed by atoms with E-state index in [0.717, 1.165) is 24.3 Å². The summed E-state index contributed by atoms with van der Waals surface area (Å²) in [7, 11) is 0. The van der Waals surface area contributed by atoms with Crippen LogP contribution in [0.2, 0.25) is 0 Å². The highest BCUT2D eigenvalue weighted by atomic mass is 19.3. The number of nitro benzene ring substituents is 1. The van der Waals surface area contributed by atoms with Gasteiger partial charge in [-0.05, 0) is 12.1 Å². The van der Waals surface area contributed by atoms with Crippen molar-refractivity contribution < 1.29 is 28.0 Å². The highest BCUT2D eigenvalue weighted by Gasteiger charge is 2.11. The SMILES string of the molecule is O=C(OCC(F)F)Oc1ccc([N+](=O)[O-])cc1. The minimum atomic E-state index is -2.78. The Labute approximate surface area is 93.9 Å². The van der Waals surface area contributed by atoms with Crippen LogP contribution in [0.3, 0.4) is 0 Å². The molecular weight excluding hydrogens is 240 g/mol. The van der Waals surface area contributed by atoms with E-state index in [0.29, 0.717) is 0 Å². The van der Waals surface area contributed by atoms with Crippen molar-refractivity contribution in [1.29, 1.82) is 0 Å². The summed E-state index contributed by atoms with van der Waals surface area (Å²) in [5, 5.41) is 10.3. The molecule has 0 saturated carbocycles. The number of benzene rings is 1. The van der Waals surface area contributed by atoms with E-state index < -0.39 is 24.1 Å². The van der Waals surface area contributed by atoms with Crippen molar-refractivity contribution in [3.8, 4) is 5.75 Å². The van der Waals surface area contributed by atoms with E-state index >= 15 is 0 Å². The average molecular weight is 247 g/mol. The molecule has 0 saturated heterocycles. The van der Waals surface area contributed by atoms with Gasteiger partial charge in [-0.15, -0.1) is 0 Å². The van der Waals surface area contributed by atoms with Crippen molar-refractivity contribution in [3.63, 3.8) is 0 Å². The van der Waals surface area contributed by atoms with Crippen molar-refractivity contribution in [2.24, 2.45) is 0 Å². The van der Waals surface area contributed by atoms with Gasteiger partial charge in [0.1, 0.15) is 5.75 Å². The van der Waals surface area contributed by atoms with Crippen molar-refractivity contribution in [2.45, 2.75) is 6.43 Å². The third-order valence-corrected chi connectivity index (χ3v) is 1.58. The predicted molar refractivity (Wildman–Crippen MR) is 51.1 cm³/mol. The Balaban J connectivity index is 2.51. The minimum absolute atomic E-state index is 0.0325. The first-order chi connectivity index (χ1) is 7.99. The summed E-state index contributed by atoms with van der Waals surface area (Å²) in [4.78, 5) is 20.5. The Morgan fingerprint density at radius 2 is 1.94 bits per heavy atom. The van der Waals surface area contributed by atoms with E-state index in [2.05, 4.69) is 9.47 Å². The Morgan fingerprint density at radius 1 is 1.35 bits per heavy atom. The van der Waals surface area contributed by atoms with Crippen LogP contribution in [0.1, 0.15) is 0 Å². The van der Waals surface area contributed by atoms with Gasteiger partial charge in [0.2, 0.25) is 0 Å². The topological polar surface area (TPSA) is 78.7 Å². The van der Waals surface area contributed by atoms with Crippen LogP contribution < -0.4 is 4.74 Å². The number of alkyl halides is 2. The molecular formula is C9H7F2NO5. The fraction of sp³-hybridized carbons (Fsp3) is 0.222. The lowest BCUT2D eigenvalue weighted by Crippen LogP contribution is -2.15. The Morgan fingerprint density at radius 3 is 2.41 bits per heavy atom.